The second-order valence-corrected chi connectivity index (χ2v) is 6.25. The molecule has 1 aliphatic rings. The molecular weight excluding hydrogens is 291 g/mol. The van der Waals surface area contributed by atoms with E-state index in [1.165, 1.54) is 19.6 Å². The number of rotatable bonds is 4. The normalized spacial score (nSPS) is 17.0. The first-order chi connectivity index (χ1) is 10.3. The molecule has 0 bridgehead atoms. The average molecular weight is 315 g/mol. The summed E-state index contributed by atoms with van der Waals surface area (Å²) in [5, 5.41) is 0. The first-order valence-electron chi connectivity index (χ1n) is 7.83. The Morgan fingerprint density at radius 2 is 1.77 bits per heavy atom. The summed E-state index contributed by atoms with van der Waals surface area (Å²) in [6.07, 6.45) is -0.911. The van der Waals surface area contributed by atoms with E-state index in [-0.39, 0.29) is 11.5 Å². The number of hydrogen-bond donors (Lipinski definition) is 0. The summed E-state index contributed by atoms with van der Waals surface area (Å²) in [5.74, 6) is 0.104. The molecule has 0 aliphatic carbocycles. The summed E-state index contributed by atoms with van der Waals surface area (Å²) in [4.78, 5) is 2.22. The summed E-state index contributed by atoms with van der Waals surface area (Å²) in [7, 11) is 1.44. The number of hydrogen-bond acceptors (Lipinski definition) is 2. The first kappa shape index (κ1) is 17.1. The molecule has 1 aromatic carbocycles. The number of ether oxygens (including phenoxy) is 1. The number of likely N-dealkylation sites (tertiary alicyclic amines) is 1. The van der Waals surface area contributed by atoms with E-state index in [1.54, 1.807) is 19.9 Å². The van der Waals surface area contributed by atoms with Gasteiger partial charge in [-0.1, -0.05) is 20.3 Å². The molecule has 0 spiro atoms. The zero-order valence-corrected chi connectivity index (χ0v) is 13.5. The van der Waals surface area contributed by atoms with E-state index in [9.17, 15) is 13.2 Å². The molecule has 0 unspecified atom stereocenters. The van der Waals surface area contributed by atoms with Crippen LogP contribution in [0.3, 0.4) is 0 Å². The van der Waals surface area contributed by atoms with Gasteiger partial charge in [-0.15, -0.1) is 0 Å². The monoisotopic (exact) mass is 315 g/mol. The van der Waals surface area contributed by atoms with E-state index in [0.717, 1.165) is 25.9 Å². The summed E-state index contributed by atoms with van der Waals surface area (Å²) >= 11 is 0. The molecule has 1 aromatic rings. The lowest BCUT2D eigenvalue weighted by Crippen LogP contribution is -2.29. The maximum absolute atomic E-state index is 13.4. The van der Waals surface area contributed by atoms with Gasteiger partial charge in [0.2, 0.25) is 0 Å². The highest BCUT2D eigenvalue weighted by molar-refractivity contribution is 5.47. The van der Waals surface area contributed by atoms with Crippen molar-refractivity contribution in [3.63, 3.8) is 0 Å². The van der Waals surface area contributed by atoms with Crippen LogP contribution in [0.15, 0.2) is 12.1 Å². The van der Waals surface area contributed by atoms with Crippen LogP contribution in [0, 0.1) is 0 Å². The lowest BCUT2D eigenvalue weighted by atomic mass is 9.93. The predicted molar refractivity (Wildman–Crippen MR) is 81.2 cm³/mol. The SMILES string of the molecule is COc1cc(CN2CCCCC2)cc(C(F)(F)F)c1C(C)C. The molecule has 2 rings (SSSR count). The fraction of sp³-hybridized carbons (Fsp3) is 0.647. The largest absolute Gasteiger partial charge is 0.496 e. The van der Waals surface area contributed by atoms with Gasteiger partial charge in [0.15, 0.2) is 0 Å². The molecule has 0 radical (unpaired) electrons. The molecule has 0 N–H and O–H groups in total. The second-order valence-electron chi connectivity index (χ2n) is 6.25. The lowest BCUT2D eigenvalue weighted by Gasteiger charge is -2.27. The minimum atomic E-state index is -4.36. The predicted octanol–water partition coefficient (Wildman–Crippen LogP) is 4.82. The van der Waals surface area contributed by atoms with Gasteiger partial charge in [-0.05, 0) is 49.5 Å². The Bertz CT molecular complexity index is 505. The van der Waals surface area contributed by atoms with E-state index in [1.807, 2.05) is 0 Å². The van der Waals surface area contributed by atoms with Gasteiger partial charge in [-0.2, -0.15) is 13.2 Å². The van der Waals surface area contributed by atoms with Crippen LogP contribution in [-0.2, 0) is 12.7 Å². The van der Waals surface area contributed by atoms with Crippen LogP contribution in [0.25, 0.3) is 0 Å². The van der Waals surface area contributed by atoms with E-state index >= 15 is 0 Å². The molecule has 0 atom stereocenters. The summed E-state index contributed by atoms with van der Waals surface area (Å²) in [6.45, 7) is 5.98. The molecule has 1 heterocycles. The van der Waals surface area contributed by atoms with Crippen LogP contribution >= 0.6 is 0 Å². The Labute approximate surface area is 130 Å². The van der Waals surface area contributed by atoms with E-state index in [0.29, 0.717) is 17.9 Å². The number of piperidine rings is 1. The minimum absolute atomic E-state index is 0.240. The fourth-order valence-corrected chi connectivity index (χ4v) is 3.15. The number of benzene rings is 1. The molecule has 22 heavy (non-hydrogen) atoms. The van der Waals surface area contributed by atoms with Crippen LogP contribution in [0.1, 0.15) is 55.7 Å². The van der Waals surface area contributed by atoms with Crippen molar-refractivity contribution < 1.29 is 17.9 Å². The molecule has 2 nitrogen and oxygen atoms in total. The first-order valence-corrected chi connectivity index (χ1v) is 7.83. The van der Waals surface area contributed by atoms with Crippen molar-refractivity contribution in [3.8, 4) is 5.75 Å². The van der Waals surface area contributed by atoms with E-state index in [4.69, 9.17) is 4.74 Å². The van der Waals surface area contributed by atoms with Gasteiger partial charge in [0.1, 0.15) is 5.75 Å². The van der Waals surface area contributed by atoms with Crippen LogP contribution in [-0.4, -0.2) is 25.1 Å². The zero-order chi connectivity index (χ0) is 16.3. The Morgan fingerprint density at radius 1 is 1.14 bits per heavy atom. The van der Waals surface area contributed by atoms with Gasteiger partial charge in [0.25, 0.3) is 0 Å². The highest BCUT2D eigenvalue weighted by atomic mass is 19.4. The van der Waals surface area contributed by atoms with Crippen LogP contribution in [0.2, 0.25) is 0 Å². The maximum atomic E-state index is 13.4. The average Bonchev–Trinajstić information content (AvgIpc) is 2.46. The maximum Gasteiger partial charge on any atom is 0.416 e. The van der Waals surface area contributed by atoms with Crippen molar-refractivity contribution in [2.45, 2.75) is 51.7 Å². The van der Waals surface area contributed by atoms with Crippen LogP contribution in [0.4, 0.5) is 13.2 Å². The number of alkyl halides is 3. The topological polar surface area (TPSA) is 12.5 Å². The molecule has 0 aromatic heterocycles. The number of halogens is 3. The Balaban J connectivity index is 2.39. The molecular formula is C17H24F3NO. The molecule has 5 heteroatoms. The van der Waals surface area contributed by atoms with Crippen molar-refractivity contribution >= 4 is 0 Å². The van der Waals surface area contributed by atoms with Gasteiger partial charge in [0, 0.05) is 12.1 Å². The van der Waals surface area contributed by atoms with Gasteiger partial charge in [-0.25, -0.2) is 0 Å². The quantitative estimate of drug-likeness (QED) is 0.789. The van der Waals surface area contributed by atoms with Crippen molar-refractivity contribution in [2.24, 2.45) is 0 Å². The van der Waals surface area contributed by atoms with Crippen molar-refractivity contribution in [3.05, 3.63) is 28.8 Å². The smallest absolute Gasteiger partial charge is 0.416 e. The molecule has 0 amide bonds. The van der Waals surface area contributed by atoms with Crippen LogP contribution in [0.5, 0.6) is 5.75 Å². The number of nitrogens with zero attached hydrogens (tertiary/aromatic N) is 1. The van der Waals surface area contributed by atoms with E-state index < -0.39 is 11.7 Å². The fourth-order valence-electron chi connectivity index (χ4n) is 3.15. The van der Waals surface area contributed by atoms with Gasteiger partial charge >= 0.3 is 6.18 Å². The minimum Gasteiger partial charge on any atom is -0.496 e. The Hall–Kier alpha value is -1.23. The standard InChI is InChI=1S/C17H24F3NO/c1-12(2)16-14(17(18,19)20)9-13(10-15(16)22-3)11-21-7-5-4-6-8-21/h9-10,12H,4-8,11H2,1-3H3. The van der Waals surface area contributed by atoms with E-state index in [2.05, 4.69) is 4.90 Å². The molecule has 124 valence electrons. The molecule has 1 fully saturated rings. The summed E-state index contributed by atoms with van der Waals surface area (Å²) in [5.41, 5.74) is 0.363. The third-order valence-electron chi connectivity index (χ3n) is 4.16. The molecule has 1 saturated heterocycles. The van der Waals surface area contributed by atoms with Crippen molar-refractivity contribution in [1.29, 1.82) is 0 Å². The highest BCUT2D eigenvalue weighted by Gasteiger charge is 2.36. The number of methoxy groups -OCH3 is 1. The Kier molecular flexibility index (Phi) is 5.37. The van der Waals surface area contributed by atoms with Crippen LogP contribution < -0.4 is 4.74 Å². The molecule has 0 saturated carbocycles. The zero-order valence-electron chi connectivity index (χ0n) is 13.5. The highest BCUT2D eigenvalue weighted by Crippen LogP contribution is 2.41. The summed E-state index contributed by atoms with van der Waals surface area (Å²) in [6, 6.07) is 3.06. The van der Waals surface area contributed by atoms with Gasteiger partial charge in [0.05, 0.1) is 12.7 Å². The second kappa shape index (κ2) is 6.90. The van der Waals surface area contributed by atoms with Crippen molar-refractivity contribution in [1.82, 2.24) is 4.90 Å². The van der Waals surface area contributed by atoms with Gasteiger partial charge < -0.3 is 4.74 Å². The van der Waals surface area contributed by atoms with Gasteiger partial charge in [-0.3, -0.25) is 4.90 Å². The third-order valence-corrected chi connectivity index (χ3v) is 4.16. The third kappa shape index (κ3) is 3.94. The van der Waals surface area contributed by atoms with Crippen molar-refractivity contribution in [2.75, 3.05) is 20.2 Å². The summed E-state index contributed by atoms with van der Waals surface area (Å²) < 4.78 is 45.5. The lowest BCUT2D eigenvalue weighted by molar-refractivity contribution is -0.138. The molecule has 1 aliphatic heterocycles. The Morgan fingerprint density at radius 3 is 2.27 bits per heavy atom.